The number of hydrogen-bond donors (Lipinski definition) is 1. The standard InChI is InChI=1S/C13H17N/c1-2-6-11(7-3-1)12-13(10-14-12)8-4-5-9-13/h1-3,6-7,12,14H,4-5,8-10H2/t12-/m1/s1. The Bertz CT molecular complexity index is 311. The topological polar surface area (TPSA) is 12.0 Å². The number of hydrogen-bond acceptors (Lipinski definition) is 1. The molecule has 1 heterocycles. The molecule has 1 spiro atoms. The molecule has 14 heavy (non-hydrogen) atoms. The molecule has 1 saturated carbocycles. The maximum Gasteiger partial charge on any atom is 0.0389 e. The van der Waals surface area contributed by atoms with Gasteiger partial charge in [0.05, 0.1) is 0 Å². The molecule has 1 N–H and O–H groups in total. The maximum absolute atomic E-state index is 3.59. The Morgan fingerprint density at radius 2 is 1.79 bits per heavy atom. The van der Waals surface area contributed by atoms with Crippen LogP contribution < -0.4 is 5.32 Å². The highest BCUT2D eigenvalue weighted by Gasteiger charge is 2.48. The molecule has 1 saturated heterocycles. The average Bonchev–Trinajstić information content (AvgIpc) is 2.68. The second kappa shape index (κ2) is 3.09. The van der Waals surface area contributed by atoms with Crippen LogP contribution in [0.3, 0.4) is 0 Å². The van der Waals surface area contributed by atoms with Gasteiger partial charge in [0.1, 0.15) is 0 Å². The molecule has 1 aromatic carbocycles. The first-order valence-corrected chi connectivity index (χ1v) is 5.69. The Labute approximate surface area is 85.5 Å². The second-order valence-electron chi connectivity index (χ2n) is 4.79. The third-order valence-corrected chi connectivity index (χ3v) is 4.00. The highest BCUT2D eigenvalue weighted by atomic mass is 15.0. The van der Waals surface area contributed by atoms with Gasteiger partial charge in [0.2, 0.25) is 0 Å². The molecule has 1 atom stereocenters. The molecule has 2 fully saturated rings. The SMILES string of the molecule is c1ccc([C@H]2NCC23CCCC3)cc1. The summed E-state index contributed by atoms with van der Waals surface area (Å²) in [5.74, 6) is 0. The van der Waals surface area contributed by atoms with Crippen molar-refractivity contribution in [1.29, 1.82) is 0 Å². The molecule has 0 aromatic heterocycles. The van der Waals surface area contributed by atoms with Gasteiger partial charge < -0.3 is 5.32 Å². The van der Waals surface area contributed by atoms with Crippen molar-refractivity contribution in [2.45, 2.75) is 31.7 Å². The summed E-state index contributed by atoms with van der Waals surface area (Å²) in [5, 5.41) is 3.59. The molecule has 1 aromatic rings. The molecule has 1 heteroatoms. The number of rotatable bonds is 1. The van der Waals surface area contributed by atoms with Crippen LogP contribution in [0.2, 0.25) is 0 Å². The third kappa shape index (κ3) is 1.12. The van der Waals surface area contributed by atoms with Gasteiger partial charge in [0, 0.05) is 18.0 Å². The minimum atomic E-state index is 0.626. The van der Waals surface area contributed by atoms with Gasteiger partial charge in [0.15, 0.2) is 0 Å². The third-order valence-electron chi connectivity index (χ3n) is 4.00. The lowest BCUT2D eigenvalue weighted by Gasteiger charge is -2.48. The van der Waals surface area contributed by atoms with Crippen molar-refractivity contribution in [3.05, 3.63) is 35.9 Å². The monoisotopic (exact) mass is 187 g/mol. The normalized spacial score (nSPS) is 29.0. The van der Waals surface area contributed by atoms with Gasteiger partial charge in [-0.3, -0.25) is 0 Å². The molecule has 74 valence electrons. The minimum Gasteiger partial charge on any atom is -0.309 e. The first kappa shape index (κ1) is 8.49. The summed E-state index contributed by atoms with van der Waals surface area (Å²) in [6, 6.07) is 11.6. The summed E-state index contributed by atoms with van der Waals surface area (Å²) in [6.07, 6.45) is 5.73. The molecule has 0 amide bonds. The van der Waals surface area contributed by atoms with Crippen LogP contribution in [0, 0.1) is 5.41 Å². The zero-order valence-corrected chi connectivity index (χ0v) is 8.50. The Morgan fingerprint density at radius 1 is 1.07 bits per heavy atom. The highest BCUT2D eigenvalue weighted by Crippen LogP contribution is 2.52. The number of nitrogens with one attached hydrogen (secondary N) is 1. The molecule has 3 rings (SSSR count). The Hall–Kier alpha value is -0.820. The zero-order chi connectivity index (χ0) is 9.43. The summed E-state index contributed by atoms with van der Waals surface area (Å²) in [6.45, 7) is 1.24. The van der Waals surface area contributed by atoms with E-state index >= 15 is 0 Å². The maximum atomic E-state index is 3.59. The summed E-state index contributed by atoms with van der Waals surface area (Å²) < 4.78 is 0. The van der Waals surface area contributed by atoms with Gasteiger partial charge in [-0.25, -0.2) is 0 Å². The van der Waals surface area contributed by atoms with Gasteiger partial charge in [-0.2, -0.15) is 0 Å². The van der Waals surface area contributed by atoms with Crippen molar-refractivity contribution in [2.24, 2.45) is 5.41 Å². The van der Waals surface area contributed by atoms with E-state index in [1.54, 1.807) is 0 Å². The van der Waals surface area contributed by atoms with Crippen molar-refractivity contribution in [1.82, 2.24) is 5.32 Å². The first-order chi connectivity index (χ1) is 6.91. The Balaban J connectivity index is 1.87. The predicted octanol–water partition coefficient (Wildman–Crippen LogP) is 2.89. The highest BCUT2D eigenvalue weighted by molar-refractivity contribution is 5.25. The lowest BCUT2D eigenvalue weighted by Crippen LogP contribution is -2.54. The van der Waals surface area contributed by atoms with E-state index in [-0.39, 0.29) is 0 Å². The minimum absolute atomic E-state index is 0.626. The summed E-state index contributed by atoms with van der Waals surface area (Å²) >= 11 is 0. The summed E-state index contributed by atoms with van der Waals surface area (Å²) in [7, 11) is 0. The first-order valence-electron chi connectivity index (χ1n) is 5.69. The molecule has 1 nitrogen and oxygen atoms in total. The van der Waals surface area contributed by atoms with Crippen LogP contribution in [-0.4, -0.2) is 6.54 Å². The lowest BCUT2D eigenvalue weighted by molar-refractivity contribution is 0.0894. The fourth-order valence-corrected chi connectivity index (χ4v) is 3.15. The molecule has 0 unspecified atom stereocenters. The number of benzene rings is 1. The smallest absolute Gasteiger partial charge is 0.0389 e. The van der Waals surface area contributed by atoms with Crippen LogP contribution in [-0.2, 0) is 0 Å². The van der Waals surface area contributed by atoms with Gasteiger partial charge in [-0.1, -0.05) is 43.2 Å². The van der Waals surface area contributed by atoms with Crippen LogP contribution in [0.5, 0.6) is 0 Å². The Kier molecular flexibility index (Phi) is 1.88. The van der Waals surface area contributed by atoms with Gasteiger partial charge in [0.25, 0.3) is 0 Å². The zero-order valence-electron chi connectivity index (χ0n) is 8.50. The average molecular weight is 187 g/mol. The van der Waals surface area contributed by atoms with E-state index in [9.17, 15) is 0 Å². The molecule has 0 bridgehead atoms. The quantitative estimate of drug-likeness (QED) is 0.713. The predicted molar refractivity (Wildman–Crippen MR) is 58.1 cm³/mol. The van der Waals surface area contributed by atoms with E-state index in [1.165, 1.54) is 37.8 Å². The van der Waals surface area contributed by atoms with E-state index < -0.39 is 0 Å². The Morgan fingerprint density at radius 3 is 2.36 bits per heavy atom. The fourth-order valence-electron chi connectivity index (χ4n) is 3.15. The van der Waals surface area contributed by atoms with Crippen molar-refractivity contribution in [3.8, 4) is 0 Å². The van der Waals surface area contributed by atoms with E-state index in [0.717, 1.165) is 0 Å². The van der Waals surface area contributed by atoms with E-state index in [2.05, 4.69) is 35.6 Å². The summed E-state index contributed by atoms with van der Waals surface area (Å²) in [5.41, 5.74) is 2.11. The second-order valence-corrected chi connectivity index (χ2v) is 4.79. The molecule has 0 radical (unpaired) electrons. The molecular formula is C13H17N. The van der Waals surface area contributed by atoms with Crippen LogP contribution in [0.15, 0.2) is 30.3 Å². The van der Waals surface area contributed by atoms with Gasteiger partial charge in [-0.15, -0.1) is 0 Å². The van der Waals surface area contributed by atoms with Crippen molar-refractivity contribution < 1.29 is 0 Å². The van der Waals surface area contributed by atoms with Crippen LogP contribution >= 0.6 is 0 Å². The van der Waals surface area contributed by atoms with E-state index in [1.807, 2.05) is 0 Å². The van der Waals surface area contributed by atoms with E-state index in [0.29, 0.717) is 11.5 Å². The van der Waals surface area contributed by atoms with Gasteiger partial charge in [-0.05, 0) is 18.4 Å². The largest absolute Gasteiger partial charge is 0.309 e. The van der Waals surface area contributed by atoms with Crippen LogP contribution in [0.4, 0.5) is 0 Å². The van der Waals surface area contributed by atoms with Crippen molar-refractivity contribution in [3.63, 3.8) is 0 Å². The lowest BCUT2D eigenvalue weighted by atomic mass is 9.69. The molecule has 2 aliphatic rings. The van der Waals surface area contributed by atoms with Gasteiger partial charge >= 0.3 is 0 Å². The van der Waals surface area contributed by atoms with Crippen molar-refractivity contribution >= 4 is 0 Å². The molecule has 1 aliphatic heterocycles. The summed E-state index contributed by atoms with van der Waals surface area (Å²) in [4.78, 5) is 0. The van der Waals surface area contributed by atoms with E-state index in [4.69, 9.17) is 0 Å². The molecule has 1 aliphatic carbocycles. The van der Waals surface area contributed by atoms with Crippen molar-refractivity contribution in [2.75, 3.05) is 6.54 Å². The molecular weight excluding hydrogens is 170 g/mol. The fraction of sp³-hybridized carbons (Fsp3) is 0.538. The van der Waals surface area contributed by atoms with Crippen LogP contribution in [0.25, 0.3) is 0 Å². The van der Waals surface area contributed by atoms with Crippen LogP contribution in [0.1, 0.15) is 37.3 Å².